The number of pyridine rings is 1. The van der Waals surface area contributed by atoms with Gasteiger partial charge in [0.15, 0.2) is 11.6 Å². The molecular formula is C9H12FN3O4S. The molecule has 18 heavy (non-hydrogen) atoms. The van der Waals surface area contributed by atoms with E-state index in [2.05, 4.69) is 15.0 Å². The molecule has 0 saturated heterocycles. The Hall–Kier alpha value is -1.74. The number of carboxylic acid groups (broad SMARTS) is 1. The minimum atomic E-state index is -3.31. The molecule has 0 bridgehead atoms. The molecule has 0 fully saturated rings. The molecule has 1 rings (SSSR count). The average molecular weight is 277 g/mol. The number of hydrogen-bond donors (Lipinski definition) is 3. The van der Waals surface area contributed by atoms with E-state index in [1.165, 1.54) is 0 Å². The van der Waals surface area contributed by atoms with Crippen LogP contribution in [0.3, 0.4) is 0 Å². The van der Waals surface area contributed by atoms with Gasteiger partial charge >= 0.3 is 5.97 Å². The minimum absolute atomic E-state index is 0.0389. The first-order chi connectivity index (χ1) is 8.31. The van der Waals surface area contributed by atoms with Crippen LogP contribution in [0.15, 0.2) is 12.3 Å². The Kier molecular flexibility index (Phi) is 4.56. The second kappa shape index (κ2) is 5.74. The number of hydrogen-bond acceptors (Lipinski definition) is 5. The van der Waals surface area contributed by atoms with Gasteiger partial charge in [-0.3, -0.25) is 0 Å². The fourth-order valence-corrected chi connectivity index (χ4v) is 1.62. The summed E-state index contributed by atoms with van der Waals surface area (Å²) in [5.74, 6) is -2.61. The highest BCUT2D eigenvalue weighted by atomic mass is 32.2. The molecule has 0 atom stereocenters. The van der Waals surface area contributed by atoms with Gasteiger partial charge in [-0.15, -0.1) is 0 Å². The van der Waals surface area contributed by atoms with Gasteiger partial charge in [0.2, 0.25) is 10.0 Å². The van der Waals surface area contributed by atoms with Crippen LogP contribution in [0.4, 0.5) is 10.2 Å². The number of anilines is 1. The van der Waals surface area contributed by atoms with Crippen LogP contribution in [0, 0.1) is 5.82 Å². The van der Waals surface area contributed by atoms with Crippen molar-refractivity contribution >= 4 is 21.8 Å². The van der Waals surface area contributed by atoms with Gasteiger partial charge in [-0.05, 0) is 6.07 Å². The number of carbonyl (C=O) groups is 1. The van der Waals surface area contributed by atoms with Gasteiger partial charge in [0.1, 0.15) is 5.56 Å². The van der Waals surface area contributed by atoms with Gasteiger partial charge < -0.3 is 10.4 Å². The molecule has 0 spiro atoms. The topological polar surface area (TPSA) is 108 Å². The fraction of sp³-hybridized carbons (Fsp3) is 0.333. The van der Waals surface area contributed by atoms with Crippen LogP contribution in [-0.4, -0.2) is 43.8 Å². The maximum atomic E-state index is 13.5. The zero-order chi connectivity index (χ0) is 13.8. The molecule has 0 aliphatic rings. The Morgan fingerprint density at radius 1 is 1.50 bits per heavy atom. The summed E-state index contributed by atoms with van der Waals surface area (Å²) in [5.41, 5.74) is -0.497. The monoisotopic (exact) mass is 277 g/mol. The Morgan fingerprint density at radius 2 is 2.17 bits per heavy atom. The maximum Gasteiger partial charge on any atom is 0.338 e. The van der Waals surface area contributed by atoms with E-state index in [-0.39, 0.29) is 18.9 Å². The van der Waals surface area contributed by atoms with Gasteiger partial charge in [0.25, 0.3) is 0 Å². The zero-order valence-electron chi connectivity index (χ0n) is 9.47. The number of halogens is 1. The van der Waals surface area contributed by atoms with Gasteiger partial charge in [-0.2, -0.15) is 0 Å². The summed E-state index contributed by atoms with van der Waals surface area (Å²) >= 11 is 0. The van der Waals surface area contributed by atoms with E-state index in [0.717, 1.165) is 18.5 Å². The first kappa shape index (κ1) is 14.3. The van der Waals surface area contributed by atoms with Crippen molar-refractivity contribution in [1.82, 2.24) is 9.71 Å². The molecule has 7 nitrogen and oxygen atoms in total. The van der Waals surface area contributed by atoms with Crippen LogP contribution in [0.5, 0.6) is 0 Å². The van der Waals surface area contributed by atoms with E-state index in [9.17, 15) is 17.6 Å². The predicted molar refractivity (Wildman–Crippen MR) is 62.5 cm³/mol. The van der Waals surface area contributed by atoms with Crippen molar-refractivity contribution in [2.24, 2.45) is 0 Å². The molecule has 0 unspecified atom stereocenters. The van der Waals surface area contributed by atoms with Crippen LogP contribution in [0.2, 0.25) is 0 Å². The SMILES string of the molecule is CS(=O)(=O)NCCNc1nccc(C(=O)O)c1F. The summed E-state index contributed by atoms with van der Waals surface area (Å²) in [6.07, 6.45) is 2.15. The first-order valence-corrected chi connectivity index (χ1v) is 6.76. The highest BCUT2D eigenvalue weighted by Gasteiger charge is 2.14. The van der Waals surface area contributed by atoms with Crippen molar-refractivity contribution in [1.29, 1.82) is 0 Å². The third-order valence-corrected chi connectivity index (χ3v) is 2.63. The van der Waals surface area contributed by atoms with Crippen molar-refractivity contribution in [3.8, 4) is 0 Å². The summed E-state index contributed by atoms with van der Waals surface area (Å²) < 4.78 is 37.2. The number of aromatic carboxylic acids is 1. The average Bonchev–Trinajstić information content (AvgIpc) is 2.24. The van der Waals surface area contributed by atoms with E-state index in [4.69, 9.17) is 5.11 Å². The lowest BCUT2D eigenvalue weighted by Gasteiger charge is -2.07. The summed E-state index contributed by atoms with van der Waals surface area (Å²) in [5, 5.41) is 11.2. The van der Waals surface area contributed by atoms with Crippen LogP contribution in [0.25, 0.3) is 0 Å². The van der Waals surface area contributed by atoms with Gasteiger partial charge in [-0.1, -0.05) is 0 Å². The second-order valence-electron chi connectivity index (χ2n) is 3.42. The Morgan fingerprint density at radius 3 is 2.72 bits per heavy atom. The summed E-state index contributed by atoms with van der Waals surface area (Å²) in [4.78, 5) is 14.3. The third kappa shape index (κ3) is 4.26. The second-order valence-corrected chi connectivity index (χ2v) is 5.25. The van der Waals surface area contributed by atoms with E-state index < -0.39 is 27.4 Å². The number of nitrogens with one attached hydrogen (secondary N) is 2. The number of rotatable bonds is 6. The standard InChI is InChI=1S/C9H12FN3O4S/c1-18(16,17)13-5-4-12-8-7(10)6(9(14)15)2-3-11-8/h2-3,13H,4-5H2,1H3,(H,11,12)(H,14,15). The molecule has 0 amide bonds. The maximum absolute atomic E-state index is 13.5. The molecule has 100 valence electrons. The van der Waals surface area contributed by atoms with Crippen molar-refractivity contribution in [3.63, 3.8) is 0 Å². The number of aromatic nitrogens is 1. The number of sulfonamides is 1. The van der Waals surface area contributed by atoms with Crippen LogP contribution < -0.4 is 10.0 Å². The van der Waals surface area contributed by atoms with Gasteiger partial charge in [0.05, 0.1) is 6.26 Å². The van der Waals surface area contributed by atoms with E-state index in [0.29, 0.717) is 0 Å². The molecule has 0 aliphatic heterocycles. The van der Waals surface area contributed by atoms with Crippen molar-refractivity contribution in [3.05, 3.63) is 23.6 Å². The molecule has 1 aromatic rings. The first-order valence-electron chi connectivity index (χ1n) is 4.87. The fourth-order valence-electron chi connectivity index (χ4n) is 1.15. The summed E-state index contributed by atoms with van der Waals surface area (Å²) in [6, 6.07) is 1.04. The lowest BCUT2D eigenvalue weighted by Crippen LogP contribution is -2.28. The summed E-state index contributed by atoms with van der Waals surface area (Å²) in [6.45, 7) is 0.122. The van der Waals surface area contributed by atoms with E-state index in [1.807, 2.05) is 0 Å². The van der Waals surface area contributed by atoms with Crippen molar-refractivity contribution < 1.29 is 22.7 Å². The van der Waals surface area contributed by atoms with Gasteiger partial charge in [0, 0.05) is 19.3 Å². The largest absolute Gasteiger partial charge is 0.478 e. The van der Waals surface area contributed by atoms with Crippen LogP contribution in [0.1, 0.15) is 10.4 Å². The zero-order valence-corrected chi connectivity index (χ0v) is 10.3. The minimum Gasteiger partial charge on any atom is -0.478 e. The van der Waals surface area contributed by atoms with Crippen LogP contribution >= 0.6 is 0 Å². The lowest BCUT2D eigenvalue weighted by atomic mass is 10.2. The molecule has 1 heterocycles. The molecule has 9 heteroatoms. The number of carboxylic acids is 1. The van der Waals surface area contributed by atoms with Gasteiger partial charge in [-0.25, -0.2) is 27.3 Å². The summed E-state index contributed by atoms with van der Waals surface area (Å²) in [7, 11) is -3.31. The lowest BCUT2D eigenvalue weighted by molar-refractivity contribution is 0.0692. The Labute approximate surface area is 103 Å². The normalized spacial score (nSPS) is 11.2. The van der Waals surface area contributed by atoms with E-state index >= 15 is 0 Å². The smallest absolute Gasteiger partial charge is 0.338 e. The highest BCUT2D eigenvalue weighted by Crippen LogP contribution is 2.14. The molecule has 0 saturated carbocycles. The molecular weight excluding hydrogens is 265 g/mol. The molecule has 0 radical (unpaired) electrons. The molecule has 3 N–H and O–H groups in total. The Bertz CT molecular complexity index is 547. The van der Waals surface area contributed by atoms with Crippen molar-refractivity contribution in [2.75, 3.05) is 24.7 Å². The highest BCUT2D eigenvalue weighted by molar-refractivity contribution is 7.88. The Balaban J connectivity index is 2.63. The number of nitrogens with zero attached hydrogens (tertiary/aromatic N) is 1. The molecule has 0 aromatic carbocycles. The molecule has 1 aromatic heterocycles. The quantitative estimate of drug-likeness (QED) is 0.626. The van der Waals surface area contributed by atoms with E-state index in [1.54, 1.807) is 0 Å². The van der Waals surface area contributed by atoms with Crippen LogP contribution in [-0.2, 0) is 10.0 Å². The molecule has 0 aliphatic carbocycles. The van der Waals surface area contributed by atoms with Crippen molar-refractivity contribution in [2.45, 2.75) is 0 Å². The predicted octanol–water partition coefficient (Wildman–Crippen LogP) is -0.120. The third-order valence-electron chi connectivity index (χ3n) is 1.90.